The maximum Gasteiger partial charge on any atom is 0.332 e. The topological polar surface area (TPSA) is 66.4 Å². The number of benzene rings is 1. The maximum atomic E-state index is 12.3. The Morgan fingerprint density at radius 2 is 1.70 bits per heavy atom. The van der Waals surface area contributed by atoms with Gasteiger partial charge in [0.15, 0.2) is 0 Å². The molecule has 106 valence electrons. The second kappa shape index (κ2) is 6.37. The molecule has 1 atom stereocenters. The third-order valence-electron chi connectivity index (χ3n) is 3.65. The van der Waals surface area contributed by atoms with E-state index in [1.165, 1.54) is 0 Å². The Kier molecular flexibility index (Phi) is 4.56. The summed E-state index contributed by atoms with van der Waals surface area (Å²) in [6.07, 6.45) is 2.75. The Morgan fingerprint density at radius 1 is 1.10 bits per heavy atom. The first-order valence-corrected chi connectivity index (χ1v) is 6.90. The predicted octanol–water partition coefficient (Wildman–Crippen LogP) is 2.82. The lowest BCUT2D eigenvalue weighted by molar-refractivity contribution is -0.133. The molecular weight excluding hydrogens is 254 g/mol. The van der Waals surface area contributed by atoms with Gasteiger partial charge in [0.2, 0.25) is 5.91 Å². The number of aliphatic carboxylic acids is 1. The van der Waals surface area contributed by atoms with E-state index in [0.717, 1.165) is 18.4 Å². The molecule has 1 unspecified atom stereocenters. The van der Waals surface area contributed by atoms with Crippen LogP contribution in [-0.2, 0) is 9.59 Å². The molecular formula is C16H19NO3. The quantitative estimate of drug-likeness (QED) is 0.886. The van der Waals surface area contributed by atoms with Crippen molar-refractivity contribution in [2.24, 2.45) is 0 Å². The standard InChI is InChI=1S/C16H19NO3/c1-11(12-7-3-2-4-8-12)17-15(18)13-9-5-6-10-14(13)16(19)20/h2-4,7-8,11H,5-6,9-10H2,1H3,(H,17,18)(H,19,20). The molecule has 2 rings (SSSR count). The normalized spacial score (nSPS) is 16.6. The predicted molar refractivity (Wildman–Crippen MR) is 76.1 cm³/mol. The van der Waals surface area contributed by atoms with E-state index in [1.807, 2.05) is 37.3 Å². The van der Waals surface area contributed by atoms with Crippen molar-refractivity contribution in [1.82, 2.24) is 5.32 Å². The van der Waals surface area contributed by atoms with Gasteiger partial charge < -0.3 is 10.4 Å². The molecule has 0 saturated carbocycles. The van der Waals surface area contributed by atoms with Crippen LogP contribution >= 0.6 is 0 Å². The number of rotatable bonds is 4. The van der Waals surface area contributed by atoms with Crippen molar-refractivity contribution in [3.05, 3.63) is 47.0 Å². The van der Waals surface area contributed by atoms with E-state index >= 15 is 0 Å². The minimum atomic E-state index is -0.970. The maximum absolute atomic E-state index is 12.3. The van der Waals surface area contributed by atoms with Gasteiger partial charge in [0.1, 0.15) is 0 Å². The fourth-order valence-electron chi connectivity index (χ4n) is 2.50. The minimum absolute atomic E-state index is 0.131. The highest BCUT2D eigenvalue weighted by Gasteiger charge is 2.24. The lowest BCUT2D eigenvalue weighted by atomic mass is 9.91. The van der Waals surface area contributed by atoms with Crippen molar-refractivity contribution in [1.29, 1.82) is 0 Å². The lowest BCUT2D eigenvalue weighted by Crippen LogP contribution is -2.30. The van der Waals surface area contributed by atoms with Gasteiger partial charge in [-0.1, -0.05) is 30.3 Å². The Morgan fingerprint density at radius 3 is 2.30 bits per heavy atom. The Balaban J connectivity index is 2.13. The molecule has 0 saturated heterocycles. The first-order valence-electron chi connectivity index (χ1n) is 6.90. The lowest BCUT2D eigenvalue weighted by Gasteiger charge is -2.20. The van der Waals surface area contributed by atoms with Crippen LogP contribution in [0.25, 0.3) is 0 Å². The average molecular weight is 273 g/mol. The second-order valence-corrected chi connectivity index (χ2v) is 5.08. The summed E-state index contributed by atoms with van der Waals surface area (Å²) in [6.45, 7) is 1.90. The van der Waals surface area contributed by atoms with Crippen LogP contribution in [0.2, 0.25) is 0 Å². The highest BCUT2D eigenvalue weighted by Crippen LogP contribution is 2.25. The molecule has 4 heteroatoms. The van der Waals surface area contributed by atoms with E-state index in [4.69, 9.17) is 0 Å². The number of carboxylic acids is 1. The fraction of sp³-hybridized carbons (Fsp3) is 0.375. The van der Waals surface area contributed by atoms with E-state index in [0.29, 0.717) is 18.4 Å². The Labute approximate surface area is 118 Å². The zero-order valence-electron chi connectivity index (χ0n) is 11.6. The van der Waals surface area contributed by atoms with Crippen molar-refractivity contribution in [3.8, 4) is 0 Å². The van der Waals surface area contributed by atoms with Crippen LogP contribution in [0, 0.1) is 0 Å². The summed E-state index contributed by atoms with van der Waals surface area (Å²) in [5.41, 5.74) is 1.72. The molecule has 20 heavy (non-hydrogen) atoms. The number of hydrogen-bond acceptors (Lipinski definition) is 2. The number of carbonyl (C=O) groups excluding carboxylic acids is 1. The summed E-state index contributed by atoms with van der Waals surface area (Å²) in [5.74, 6) is -1.22. The van der Waals surface area contributed by atoms with Gasteiger partial charge in [-0.3, -0.25) is 4.79 Å². The van der Waals surface area contributed by atoms with Crippen LogP contribution in [-0.4, -0.2) is 17.0 Å². The SMILES string of the molecule is CC(NC(=O)C1=C(C(=O)O)CCCC1)c1ccccc1. The van der Waals surface area contributed by atoms with E-state index in [-0.39, 0.29) is 17.5 Å². The van der Waals surface area contributed by atoms with Crippen LogP contribution in [0.5, 0.6) is 0 Å². The molecule has 0 radical (unpaired) electrons. The number of amides is 1. The van der Waals surface area contributed by atoms with Crippen LogP contribution in [0.1, 0.15) is 44.2 Å². The molecule has 0 fully saturated rings. The van der Waals surface area contributed by atoms with Crippen LogP contribution in [0.3, 0.4) is 0 Å². The number of carboxylic acid groups (broad SMARTS) is 1. The highest BCUT2D eigenvalue weighted by molar-refractivity contribution is 6.02. The molecule has 4 nitrogen and oxygen atoms in total. The van der Waals surface area contributed by atoms with Gasteiger partial charge in [-0.2, -0.15) is 0 Å². The van der Waals surface area contributed by atoms with Crippen molar-refractivity contribution in [3.63, 3.8) is 0 Å². The molecule has 1 aromatic carbocycles. The van der Waals surface area contributed by atoms with Crippen LogP contribution in [0.15, 0.2) is 41.5 Å². The molecule has 0 aliphatic heterocycles. The number of hydrogen-bond donors (Lipinski definition) is 2. The molecule has 0 aromatic heterocycles. The summed E-state index contributed by atoms with van der Waals surface area (Å²) < 4.78 is 0. The zero-order chi connectivity index (χ0) is 14.5. The smallest absolute Gasteiger partial charge is 0.332 e. The summed E-state index contributed by atoms with van der Waals surface area (Å²) in [4.78, 5) is 23.5. The summed E-state index contributed by atoms with van der Waals surface area (Å²) >= 11 is 0. The molecule has 0 spiro atoms. The molecule has 0 heterocycles. The van der Waals surface area contributed by atoms with E-state index in [9.17, 15) is 14.7 Å². The second-order valence-electron chi connectivity index (χ2n) is 5.08. The number of nitrogens with one attached hydrogen (secondary N) is 1. The molecule has 2 N–H and O–H groups in total. The van der Waals surface area contributed by atoms with Gasteiger partial charge in [0, 0.05) is 11.1 Å². The van der Waals surface area contributed by atoms with Crippen molar-refractivity contribution in [2.45, 2.75) is 38.6 Å². The summed E-state index contributed by atoms with van der Waals surface area (Å²) in [7, 11) is 0. The first-order chi connectivity index (χ1) is 9.59. The molecule has 1 aliphatic rings. The molecule has 1 aliphatic carbocycles. The summed E-state index contributed by atoms with van der Waals surface area (Å²) in [6, 6.07) is 9.51. The largest absolute Gasteiger partial charge is 0.478 e. The Hall–Kier alpha value is -2.10. The highest BCUT2D eigenvalue weighted by atomic mass is 16.4. The van der Waals surface area contributed by atoms with Crippen LogP contribution in [0.4, 0.5) is 0 Å². The third kappa shape index (κ3) is 3.26. The van der Waals surface area contributed by atoms with Crippen LogP contribution < -0.4 is 5.32 Å². The van der Waals surface area contributed by atoms with Gasteiger partial charge in [-0.25, -0.2) is 4.79 Å². The molecule has 0 bridgehead atoms. The van der Waals surface area contributed by atoms with Gasteiger partial charge in [-0.15, -0.1) is 0 Å². The average Bonchev–Trinajstić information content (AvgIpc) is 2.48. The van der Waals surface area contributed by atoms with Gasteiger partial charge in [0.05, 0.1) is 6.04 Å². The Bertz CT molecular complexity index is 534. The van der Waals surface area contributed by atoms with Crippen molar-refractivity contribution < 1.29 is 14.7 Å². The molecule has 1 amide bonds. The fourth-order valence-corrected chi connectivity index (χ4v) is 2.50. The van der Waals surface area contributed by atoms with E-state index in [2.05, 4.69) is 5.32 Å². The third-order valence-corrected chi connectivity index (χ3v) is 3.65. The minimum Gasteiger partial charge on any atom is -0.478 e. The van der Waals surface area contributed by atoms with Crippen molar-refractivity contribution >= 4 is 11.9 Å². The zero-order valence-corrected chi connectivity index (χ0v) is 11.6. The molecule has 1 aromatic rings. The van der Waals surface area contributed by atoms with Gasteiger partial charge in [0.25, 0.3) is 0 Å². The van der Waals surface area contributed by atoms with E-state index < -0.39 is 5.97 Å². The van der Waals surface area contributed by atoms with Gasteiger partial charge >= 0.3 is 5.97 Å². The van der Waals surface area contributed by atoms with E-state index in [1.54, 1.807) is 0 Å². The number of carbonyl (C=O) groups is 2. The first kappa shape index (κ1) is 14.3. The van der Waals surface area contributed by atoms with Gasteiger partial charge in [-0.05, 0) is 38.2 Å². The summed E-state index contributed by atoms with van der Waals surface area (Å²) in [5, 5.41) is 12.1. The monoisotopic (exact) mass is 273 g/mol. The van der Waals surface area contributed by atoms with Crippen molar-refractivity contribution in [2.75, 3.05) is 0 Å².